The molecule has 2 atom stereocenters. The summed E-state index contributed by atoms with van der Waals surface area (Å²) in [5.74, 6) is 1.45. The lowest BCUT2D eigenvalue weighted by Gasteiger charge is -2.21. The number of carbonyl (C=O) groups is 1. The number of nitrogens with zero attached hydrogens (tertiary/aromatic N) is 2. The topological polar surface area (TPSA) is 62.7 Å². The van der Waals surface area contributed by atoms with Gasteiger partial charge in [0.05, 0.1) is 19.4 Å². The van der Waals surface area contributed by atoms with Crippen molar-refractivity contribution in [1.29, 1.82) is 0 Å². The second-order valence-corrected chi connectivity index (χ2v) is 5.47. The Morgan fingerprint density at radius 1 is 1.68 bits per heavy atom. The van der Waals surface area contributed by atoms with Crippen molar-refractivity contribution >= 4 is 5.91 Å². The van der Waals surface area contributed by atoms with Crippen molar-refractivity contribution < 1.29 is 9.21 Å². The molecule has 2 heterocycles. The van der Waals surface area contributed by atoms with Crippen LogP contribution in [0.4, 0.5) is 0 Å². The molecule has 106 valence electrons. The second-order valence-electron chi connectivity index (χ2n) is 5.47. The summed E-state index contributed by atoms with van der Waals surface area (Å²) < 4.78 is 5.25. The minimum Gasteiger partial charge on any atom is -0.467 e. The number of carbonyl (C=O) groups excluding carboxylic acids is 1. The molecule has 1 amide bonds. The lowest BCUT2D eigenvalue weighted by Crippen LogP contribution is -2.38. The van der Waals surface area contributed by atoms with Crippen LogP contribution < -0.4 is 5.73 Å². The molecular weight excluding hydrogens is 242 g/mol. The van der Waals surface area contributed by atoms with Gasteiger partial charge in [-0.3, -0.25) is 9.69 Å². The van der Waals surface area contributed by atoms with Gasteiger partial charge in [0.25, 0.3) is 0 Å². The van der Waals surface area contributed by atoms with Gasteiger partial charge in [0.2, 0.25) is 5.91 Å². The molecule has 1 aromatic heterocycles. The summed E-state index contributed by atoms with van der Waals surface area (Å²) in [6.07, 6.45) is 2.72. The van der Waals surface area contributed by atoms with E-state index in [0.717, 1.165) is 25.3 Å². The zero-order chi connectivity index (χ0) is 13.8. The first kappa shape index (κ1) is 14.1. The highest BCUT2D eigenvalue weighted by molar-refractivity contribution is 5.77. The van der Waals surface area contributed by atoms with Gasteiger partial charge in [0.1, 0.15) is 5.76 Å². The molecule has 0 spiro atoms. The van der Waals surface area contributed by atoms with Crippen LogP contribution in [0.3, 0.4) is 0 Å². The van der Waals surface area contributed by atoms with Crippen LogP contribution in [0.5, 0.6) is 0 Å². The van der Waals surface area contributed by atoms with Gasteiger partial charge in [-0.15, -0.1) is 0 Å². The molecule has 19 heavy (non-hydrogen) atoms. The maximum Gasteiger partial charge on any atom is 0.236 e. The van der Waals surface area contributed by atoms with Gasteiger partial charge in [-0.25, -0.2) is 0 Å². The number of furan rings is 1. The molecule has 1 saturated heterocycles. The molecule has 0 radical (unpaired) electrons. The van der Waals surface area contributed by atoms with E-state index in [9.17, 15) is 4.79 Å². The Bertz CT molecular complexity index is 403. The summed E-state index contributed by atoms with van der Waals surface area (Å²) in [6.45, 7) is 4.93. The van der Waals surface area contributed by atoms with E-state index in [0.29, 0.717) is 19.0 Å². The van der Waals surface area contributed by atoms with Gasteiger partial charge in [-0.2, -0.15) is 0 Å². The normalized spacial score (nSPS) is 21.5. The standard InChI is InChI=1S/C14H23N3O2/c1-11(15)12-5-6-17(8-12)10-14(18)16(2)9-13-4-3-7-19-13/h3-4,7,11-12H,5-6,8-10,15H2,1-2H3. The van der Waals surface area contributed by atoms with Crippen molar-refractivity contribution in [3.63, 3.8) is 0 Å². The number of likely N-dealkylation sites (N-methyl/N-ethyl adjacent to an activating group) is 1. The summed E-state index contributed by atoms with van der Waals surface area (Å²) in [5.41, 5.74) is 5.91. The molecule has 0 aromatic carbocycles. The number of nitrogens with two attached hydrogens (primary N) is 1. The molecule has 1 aromatic rings. The van der Waals surface area contributed by atoms with E-state index < -0.39 is 0 Å². The highest BCUT2D eigenvalue weighted by atomic mass is 16.3. The van der Waals surface area contributed by atoms with E-state index >= 15 is 0 Å². The Hall–Kier alpha value is -1.33. The lowest BCUT2D eigenvalue weighted by molar-refractivity contribution is -0.131. The molecule has 2 N–H and O–H groups in total. The van der Waals surface area contributed by atoms with E-state index in [1.807, 2.05) is 26.1 Å². The SMILES string of the molecule is CC(N)C1CCN(CC(=O)N(C)Cc2ccco2)C1. The minimum atomic E-state index is 0.127. The number of likely N-dealkylation sites (tertiary alicyclic amines) is 1. The van der Waals surface area contributed by atoms with Crippen molar-refractivity contribution in [2.24, 2.45) is 11.7 Å². The lowest BCUT2D eigenvalue weighted by atomic mass is 10.0. The Morgan fingerprint density at radius 3 is 3.05 bits per heavy atom. The summed E-state index contributed by atoms with van der Waals surface area (Å²) >= 11 is 0. The molecule has 5 nitrogen and oxygen atoms in total. The average molecular weight is 265 g/mol. The van der Waals surface area contributed by atoms with Crippen LogP contribution >= 0.6 is 0 Å². The van der Waals surface area contributed by atoms with Crippen LogP contribution in [0, 0.1) is 5.92 Å². The van der Waals surface area contributed by atoms with Gasteiger partial charge in [0.15, 0.2) is 0 Å². The Morgan fingerprint density at radius 2 is 2.47 bits per heavy atom. The van der Waals surface area contributed by atoms with Crippen LogP contribution in [-0.2, 0) is 11.3 Å². The highest BCUT2D eigenvalue weighted by Crippen LogP contribution is 2.18. The molecule has 0 saturated carbocycles. The number of hydrogen-bond acceptors (Lipinski definition) is 4. The Balaban J connectivity index is 1.78. The molecule has 2 rings (SSSR count). The summed E-state index contributed by atoms with van der Waals surface area (Å²) in [6, 6.07) is 3.92. The molecule has 5 heteroatoms. The van der Waals surface area contributed by atoms with Crippen molar-refractivity contribution in [3.05, 3.63) is 24.2 Å². The Kier molecular flexibility index (Phi) is 4.61. The average Bonchev–Trinajstić information content (AvgIpc) is 2.99. The molecule has 0 bridgehead atoms. The fourth-order valence-electron chi connectivity index (χ4n) is 2.47. The molecule has 2 unspecified atom stereocenters. The molecule has 0 aliphatic carbocycles. The van der Waals surface area contributed by atoms with E-state index in [4.69, 9.17) is 10.2 Å². The maximum absolute atomic E-state index is 12.1. The quantitative estimate of drug-likeness (QED) is 0.859. The van der Waals surface area contributed by atoms with Crippen LogP contribution in [0.2, 0.25) is 0 Å². The van der Waals surface area contributed by atoms with Gasteiger partial charge in [-0.1, -0.05) is 0 Å². The first-order valence-electron chi connectivity index (χ1n) is 6.80. The summed E-state index contributed by atoms with van der Waals surface area (Å²) in [7, 11) is 1.81. The number of amides is 1. The van der Waals surface area contributed by atoms with E-state index in [1.54, 1.807) is 11.2 Å². The largest absolute Gasteiger partial charge is 0.467 e. The zero-order valence-corrected chi connectivity index (χ0v) is 11.7. The summed E-state index contributed by atoms with van der Waals surface area (Å²) in [5, 5.41) is 0. The van der Waals surface area contributed by atoms with Gasteiger partial charge in [0, 0.05) is 19.6 Å². The van der Waals surface area contributed by atoms with Crippen LogP contribution in [0.15, 0.2) is 22.8 Å². The first-order chi connectivity index (χ1) is 9.06. The van der Waals surface area contributed by atoms with Gasteiger partial charge in [-0.05, 0) is 37.9 Å². The number of hydrogen-bond donors (Lipinski definition) is 1. The zero-order valence-electron chi connectivity index (χ0n) is 11.7. The predicted molar refractivity (Wildman–Crippen MR) is 73.4 cm³/mol. The van der Waals surface area contributed by atoms with Crippen LogP contribution in [-0.4, -0.2) is 48.4 Å². The van der Waals surface area contributed by atoms with Gasteiger partial charge < -0.3 is 15.1 Å². The smallest absolute Gasteiger partial charge is 0.236 e. The van der Waals surface area contributed by atoms with Crippen molar-refractivity contribution in [2.75, 3.05) is 26.7 Å². The van der Waals surface area contributed by atoms with E-state index in [-0.39, 0.29) is 11.9 Å². The van der Waals surface area contributed by atoms with Crippen LogP contribution in [0.25, 0.3) is 0 Å². The highest BCUT2D eigenvalue weighted by Gasteiger charge is 2.27. The predicted octanol–water partition coefficient (Wildman–Crippen LogP) is 0.907. The third-order valence-corrected chi connectivity index (χ3v) is 3.81. The fraction of sp³-hybridized carbons (Fsp3) is 0.643. The molecular formula is C14H23N3O2. The second kappa shape index (κ2) is 6.21. The Labute approximate surface area is 114 Å². The molecule has 1 aliphatic heterocycles. The van der Waals surface area contributed by atoms with E-state index in [1.165, 1.54) is 0 Å². The third-order valence-electron chi connectivity index (χ3n) is 3.81. The minimum absolute atomic E-state index is 0.127. The van der Waals surface area contributed by atoms with Gasteiger partial charge >= 0.3 is 0 Å². The monoisotopic (exact) mass is 265 g/mol. The maximum atomic E-state index is 12.1. The third kappa shape index (κ3) is 3.81. The van der Waals surface area contributed by atoms with E-state index in [2.05, 4.69) is 4.90 Å². The summed E-state index contributed by atoms with van der Waals surface area (Å²) in [4.78, 5) is 16.0. The number of rotatable bonds is 5. The van der Waals surface area contributed by atoms with Crippen LogP contribution in [0.1, 0.15) is 19.1 Å². The first-order valence-corrected chi connectivity index (χ1v) is 6.80. The fourth-order valence-corrected chi connectivity index (χ4v) is 2.47. The van der Waals surface area contributed by atoms with Crippen molar-refractivity contribution in [1.82, 2.24) is 9.80 Å². The molecule has 1 aliphatic rings. The van der Waals surface area contributed by atoms with Crippen molar-refractivity contribution in [3.8, 4) is 0 Å². The van der Waals surface area contributed by atoms with Crippen molar-refractivity contribution in [2.45, 2.75) is 25.9 Å². The molecule has 1 fully saturated rings.